The van der Waals surface area contributed by atoms with Gasteiger partial charge in [0, 0.05) is 18.7 Å². The molecule has 0 bridgehead atoms. The molecule has 1 aliphatic rings. The predicted molar refractivity (Wildman–Crippen MR) is 75.1 cm³/mol. The smallest absolute Gasteiger partial charge is 0.246 e. The maximum atomic E-state index is 12.0. The van der Waals surface area contributed by atoms with Crippen LogP contribution >= 0.6 is 0 Å². The molecule has 1 aromatic carbocycles. The van der Waals surface area contributed by atoms with E-state index in [1.807, 2.05) is 24.3 Å². The Morgan fingerprint density at radius 1 is 1.11 bits per heavy atom. The fourth-order valence-corrected chi connectivity index (χ4v) is 2.11. The number of nitrogens with zero attached hydrogens (tertiary/aromatic N) is 1. The summed E-state index contributed by atoms with van der Waals surface area (Å²) in [4.78, 5) is 24.9. The van der Waals surface area contributed by atoms with Gasteiger partial charge in [0.1, 0.15) is 0 Å². The van der Waals surface area contributed by atoms with Crippen LogP contribution in [0.2, 0.25) is 0 Å². The first-order chi connectivity index (χ1) is 8.88. The second-order valence-electron chi connectivity index (χ2n) is 5.87. The lowest BCUT2D eigenvalue weighted by atomic mass is 9.87. The van der Waals surface area contributed by atoms with E-state index in [1.54, 1.807) is 4.90 Å². The Morgan fingerprint density at radius 3 is 2.32 bits per heavy atom. The Kier molecular flexibility index (Phi) is 3.60. The molecule has 1 N–H and O–H groups in total. The Hall–Kier alpha value is -1.84. The van der Waals surface area contributed by atoms with Crippen molar-refractivity contribution in [1.82, 2.24) is 5.32 Å². The summed E-state index contributed by atoms with van der Waals surface area (Å²) in [5, 5.41) is 2.60. The summed E-state index contributed by atoms with van der Waals surface area (Å²) in [5.41, 5.74) is 2.18. The zero-order valence-corrected chi connectivity index (χ0v) is 11.7. The van der Waals surface area contributed by atoms with E-state index in [0.717, 1.165) is 5.69 Å². The van der Waals surface area contributed by atoms with Gasteiger partial charge in [-0.15, -0.1) is 0 Å². The van der Waals surface area contributed by atoms with Gasteiger partial charge in [-0.1, -0.05) is 32.9 Å². The molecule has 0 spiro atoms. The largest absolute Gasteiger partial charge is 0.347 e. The average molecular weight is 260 g/mol. The van der Waals surface area contributed by atoms with Crippen molar-refractivity contribution in [2.75, 3.05) is 18.0 Å². The highest BCUT2D eigenvalue weighted by Gasteiger charge is 2.22. The maximum absolute atomic E-state index is 12.0. The fraction of sp³-hybridized carbons (Fsp3) is 0.467. The molecule has 0 unspecified atom stereocenters. The van der Waals surface area contributed by atoms with Gasteiger partial charge in [0.25, 0.3) is 0 Å². The van der Waals surface area contributed by atoms with Crippen molar-refractivity contribution in [3.8, 4) is 0 Å². The van der Waals surface area contributed by atoms with Crippen molar-refractivity contribution in [1.29, 1.82) is 0 Å². The third kappa shape index (κ3) is 3.13. The van der Waals surface area contributed by atoms with Gasteiger partial charge in [-0.25, -0.2) is 0 Å². The summed E-state index contributed by atoms with van der Waals surface area (Å²) in [6.45, 7) is 6.99. The van der Waals surface area contributed by atoms with Gasteiger partial charge < -0.3 is 10.2 Å². The zero-order chi connectivity index (χ0) is 14.0. The minimum atomic E-state index is -0.0674. The lowest BCUT2D eigenvalue weighted by Gasteiger charge is -2.23. The normalized spacial score (nSPS) is 17.1. The third-order valence-electron chi connectivity index (χ3n) is 3.35. The highest BCUT2D eigenvalue weighted by Crippen LogP contribution is 2.25. The van der Waals surface area contributed by atoms with Gasteiger partial charge >= 0.3 is 0 Å². The Morgan fingerprint density at radius 2 is 1.74 bits per heavy atom. The van der Waals surface area contributed by atoms with E-state index in [9.17, 15) is 9.59 Å². The van der Waals surface area contributed by atoms with Crippen molar-refractivity contribution >= 4 is 17.5 Å². The molecule has 0 radical (unpaired) electrons. The van der Waals surface area contributed by atoms with Gasteiger partial charge in [0.15, 0.2) is 0 Å². The minimum absolute atomic E-state index is 0.0608. The van der Waals surface area contributed by atoms with Crippen molar-refractivity contribution in [2.24, 2.45) is 0 Å². The molecular weight excluding hydrogens is 240 g/mol. The van der Waals surface area contributed by atoms with Gasteiger partial charge in [-0.3, -0.25) is 9.59 Å². The number of amides is 2. The number of hydrogen-bond donors (Lipinski definition) is 1. The van der Waals surface area contributed by atoms with E-state index in [4.69, 9.17) is 0 Å². The summed E-state index contributed by atoms with van der Waals surface area (Å²) in [5.74, 6) is -0.128. The first kappa shape index (κ1) is 13.6. The summed E-state index contributed by atoms with van der Waals surface area (Å²) in [7, 11) is 0. The maximum Gasteiger partial charge on any atom is 0.246 e. The van der Waals surface area contributed by atoms with Crippen molar-refractivity contribution in [3.05, 3.63) is 29.8 Å². The van der Waals surface area contributed by atoms with Crippen LogP contribution in [0.3, 0.4) is 0 Å². The van der Waals surface area contributed by atoms with E-state index in [2.05, 4.69) is 26.1 Å². The van der Waals surface area contributed by atoms with E-state index in [1.165, 1.54) is 5.56 Å². The number of anilines is 1. The highest BCUT2D eigenvalue weighted by molar-refractivity contribution is 5.98. The molecule has 2 rings (SSSR count). The van der Waals surface area contributed by atoms with Gasteiger partial charge in [0.2, 0.25) is 11.8 Å². The van der Waals surface area contributed by atoms with E-state index in [0.29, 0.717) is 13.0 Å². The summed E-state index contributed by atoms with van der Waals surface area (Å²) in [6.07, 6.45) is 0.354. The van der Waals surface area contributed by atoms with Crippen molar-refractivity contribution in [2.45, 2.75) is 32.6 Å². The molecule has 1 aliphatic heterocycles. The Balaban J connectivity index is 2.21. The topological polar surface area (TPSA) is 49.4 Å². The lowest BCUT2D eigenvalue weighted by Crippen LogP contribution is -2.35. The van der Waals surface area contributed by atoms with E-state index in [-0.39, 0.29) is 23.8 Å². The van der Waals surface area contributed by atoms with Crippen LogP contribution in [0.25, 0.3) is 0 Å². The lowest BCUT2D eigenvalue weighted by molar-refractivity contribution is -0.123. The van der Waals surface area contributed by atoms with Gasteiger partial charge in [-0.05, 0) is 23.1 Å². The Bertz CT molecular complexity index is 486. The first-order valence-corrected chi connectivity index (χ1v) is 6.55. The number of carbonyl (C=O) groups excluding carboxylic acids is 2. The number of hydrogen-bond acceptors (Lipinski definition) is 2. The van der Waals surface area contributed by atoms with Crippen LogP contribution < -0.4 is 10.2 Å². The van der Waals surface area contributed by atoms with E-state index < -0.39 is 0 Å². The molecule has 4 nitrogen and oxygen atoms in total. The Labute approximate surface area is 113 Å². The summed E-state index contributed by atoms with van der Waals surface area (Å²) >= 11 is 0. The second kappa shape index (κ2) is 5.03. The van der Waals surface area contributed by atoms with Crippen LogP contribution in [-0.2, 0) is 15.0 Å². The van der Waals surface area contributed by atoms with Crippen molar-refractivity contribution in [3.63, 3.8) is 0 Å². The van der Waals surface area contributed by atoms with Crippen LogP contribution in [0.1, 0.15) is 32.8 Å². The fourth-order valence-electron chi connectivity index (χ4n) is 2.11. The molecule has 4 heteroatoms. The monoisotopic (exact) mass is 260 g/mol. The standard InChI is InChI=1S/C15H20N2O2/c1-15(2,3)11-4-6-12(7-5-11)17-9-8-13(18)16-10-14(17)19/h4-7H,8-10H2,1-3H3,(H,16,18). The molecule has 102 valence electrons. The molecule has 19 heavy (non-hydrogen) atoms. The van der Waals surface area contributed by atoms with Crippen LogP contribution in [0.15, 0.2) is 24.3 Å². The van der Waals surface area contributed by atoms with Gasteiger partial charge in [0.05, 0.1) is 6.54 Å². The predicted octanol–water partition coefficient (Wildman–Crippen LogP) is 1.84. The van der Waals surface area contributed by atoms with Crippen LogP contribution in [-0.4, -0.2) is 24.9 Å². The molecule has 0 saturated carbocycles. The molecule has 0 aromatic heterocycles. The molecular formula is C15H20N2O2. The zero-order valence-electron chi connectivity index (χ0n) is 11.7. The highest BCUT2D eigenvalue weighted by atomic mass is 16.2. The van der Waals surface area contributed by atoms with Crippen LogP contribution in [0, 0.1) is 0 Å². The number of carbonyl (C=O) groups is 2. The molecule has 0 atom stereocenters. The summed E-state index contributed by atoms with van der Waals surface area (Å²) in [6, 6.07) is 7.99. The van der Waals surface area contributed by atoms with Crippen LogP contribution in [0.5, 0.6) is 0 Å². The number of rotatable bonds is 1. The number of benzene rings is 1. The minimum Gasteiger partial charge on any atom is -0.347 e. The first-order valence-electron chi connectivity index (χ1n) is 6.55. The SMILES string of the molecule is CC(C)(C)c1ccc(N2CCC(=O)NCC2=O)cc1. The molecule has 1 aromatic rings. The average Bonchev–Trinajstić information content (AvgIpc) is 2.51. The molecule has 2 amide bonds. The third-order valence-corrected chi connectivity index (χ3v) is 3.35. The summed E-state index contributed by atoms with van der Waals surface area (Å²) < 4.78 is 0. The number of nitrogens with one attached hydrogen (secondary N) is 1. The second-order valence-corrected chi connectivity index (χ2v) is 5.87. The quantitative estimate of drug-likeness (QED) is 0.837. The van der Waals surface area contributed by atoms with Crippen molar-refractivity contribution < 1.29 is 9.59 Å². The molecule has 1 heterocycles. The molecule has 1 fully saturated rings. The van der Waals surface area contributed by atoms with E-state index >= 15 is 0 Å². The molecule has 0 aliphatic carbocycles. The van der Waals surface area contributed by atoms with Gasteiger partial charge in [-0.2, -0.15) is 0 Å². The van der Waals surface area contributed by atoms with Crippen LogP contribution in [0.4, 0.5) is 5.69 Å². The molecule has 1 saturated heterocycles.